The average molecular weight is 393 g/mol. The zero-order valence-corrected chi connectivity index (χ0v) is 15.8. The van der Waals surface area contributed by atoms with Gasteiger partial charge in [-0.05, 0) is 30.7 Å². The minimum atomic E-state index is -3.65. The maximum absolute atomic E-state index is 12.7. The highest BCUT2D eigenvalue weighted by Gasteiger charge is 2.31. The molecule has 2 atom stereocenters. The third kappa shape index (κ3) is 3.43. The lowest BCUT2D eigenvalue weighted by Crippen LogP contribution is -2.49. The zero-order chi connectivity index (χ0) is 18.1. The molecule has 0 amide bonds. The van der Waals surface area contributed by atoms with Crippen molar-refractivity contribution in [3.8, 4) is 10.6 Å². The van der Waals surface area contributed by atoms with Crippen molar-refractivity contribution in [2.75, 3.05) is 20.3 Å². The molecule has 1 aliphatic heterocycles. The summed E-state index contributed by atoms with van der Waals surface area (Å²) in [6.07, 6.45) is 0.478. The van der Waals surface area contributed by atoms with Crippen LogP contribution in [-0.4, -0.2) is 40.9 Å². The van der Waals surface area contributed by atoms with Gasteiger partial charge in [-0.15, -0.1) is 11.3 Å². The molecular formula is C18H19NO5S2. The minimum Gasteiger partial charge on any atom is -0.455 e. The number of fused-ring (bicyclic) bond motifs is 1. The quantitative estimate of drug-likeness (QED) is 0.720. The predicted octanol–water partition coefficient (Wildman–Crippen LogP) is 3.24. The van der Waals surface area contributed by atoms with E-state index in [-0.39, 0.29) is 10.3 Å². The van der Waals surface area contributed by atoms with Gasteiger partial charge in [0.25, 0.3) is 0 Å². The molecule has 0 spiro atoms. The highest BCUT2D eigenvalue weighted by atomic mass is 32.2. The Morgan fingerprint density at radius 2 is 2.08 bits per heavy atom. The molecule has 2 aromatic heterocycles. The number of thiophene rings is 1. The van der Waals surface area contributed by atoms with Crippen molar-refractivity contribution in [1.82, 2.24) is 4.72 Å². The maximum Gasteiger partial charge on any atom is 0.250 e. The van der Waals surface area contributed by atoms with E-state index < -0.39 is 16.1 Å². The summed E-state index contributed by atoms with van der Waals surface area (Å²) >= 11 is 1.18. The Kier molecular flexibility index (Phi) is 4.85. The number of hydrogen-bond donors (Lipinski definition) is 1. The highest BCUT2D eigenvalue weighted by Crippen LogP contribution is 2.34. The molecule has 0 unspecified atom stereocenters. The molecule has 1 saturated heterocycles. The van der Waals surface area contributed by atoms with E-state index in [9.17, 15) is 8.42 Å². The van der Waals surface area contributed by atoms with E-state index in [1.165, 1.54) is 11.3 Å². The summed E-state index contributed by atoms with van der Waals surface area (Å²) in [6.45, 7) is 0.880. The Bertz CT molecular complexity index is 974. The lowest BCUT2D eigenvalue weighted by molar-refractivity contribution is -0.0305. The molecule has 1 aliphatic rings. The fourth-order valence-electron chi connectivity index (χ4n) is 3.07. The third-order valence-corrected chi connectivity index (χ3v) is 7.50. The highest BCUT2D eigenvalue weighted by molar-refractivity contribution is 7.91. The van der Waals surface area contributed by atoms with Crippen molar-refractivity contribution in [3.63, 3.8) is 0 Å². The number of ether oxygens (including phenoxy) is 2. The molecule has 1 fully saturated rings. The number of rotatable bonds is 5. The smallest absolute Gasteiger partial charge is 0.250 e. The number of hydrogen-bond acceptors (Lipinski definition) is 6. The third-order valence-electron chi connectivity index (χ3n) is 4.42. The van der Waals surface area contributed by atoms with Crippen LogP contribution in [-0.2, 0) is 19.5 Å². The van der Waals surface area contributed by atoms with Crippen LogP contribution in [0.3, 0.4) is 0 Å². The van der Waals surface area contributed by atoms with Crippen molar-refractivity contribution >= 4 is 32.3 Å². The molecule has 6 nitrogen and oxygen atoms in total. The van der Waals surface area contributed by atoms with Gasteiger partial charge in [-0.1, -0.05) is 18.2 Å². The molecule has 0 radical (unpaired) electrons. The van der Waals surface area contributed by atoms with Crippen molar-refractivity contribution in [2.45, 2.75) is 22.8 Å². The summed E-state index contributed by atoms with van der Waals surface area (Å²) < 4.78 is 45.0. The van der Waals surface area contributed by atoms with Gasteiger partial charge in [0.15, 0.2) is 0 Å². The average Bonchev–Trinajstić information content (AvgIpc) is 3.29. The van der Waals surface area contributed by atoms with Crippen LogP contribution in [0.1, 0.15) is 6.42 Å². The SMILES string of the molecule is CO[C@@H]1CCOC[C@H]1NS(=O)(=O)c1ccc(-c2cc3ccccc3o2)s1. The van der Waals surface area contributed by atoms with E-state index in [1.54, 1.807) is 19.2 Å². The van der Waals surface area contributed by atoms with Crippen LogP contribution in [0.25, 0.3) is 21.6 Å². The van der Waals surface area contributed by atoms with Crippen LogP contribution in [0.2, 0.25) is 0 Å². The standard InChI is InChI=1S/C18H19NO5S2/c1-22-15-8-9-23-11-13(15)19-26(20,21)18-7-6-17(25-18)16-10-12-4-2-3-5-14(12)24-16/h2-7,10,13,15,19H,8-9,11H2,1H3/t13-,15-/m1/s1. The van der Waals surface area contributed by atoms with Crippen LogP contribution in [0.4, 0.5) is 0 Å². The topological polar surface area (TPSA) is 77.8 Å². The fraction of sp³-hybridized carbons (Fsp3) is 0.333. The van der Waals surface area contributed by atoms with Crippen molar-refractivity contribution in [3.05, 3.63) is 42.5 Å². The fourth-order valence-corrected chi connectivity index (χ4v) is 5.59. The van der Waals surface area contributed by atoms with Gasteiger partial charge >= 0.3 is 0 Å². The minimum absolute atomic E-state index is 0.187. The molecule has 1 N–H and O–H groups in total. The summed E-state index contributed by atoms with van der Waals surface area (Å²) in [5.74, 6) is 0.661. The summed E-state index contributed by atoms with van der Waals surface area (Å²) in [6, 6.07) is 12.6. The second-order valence-corrected chi connectivity index (χ2v) is 9.16. The maximum atomic E-state index is 12.7. The van der Waals surface area contributed by atoms with Gasteiger partial charge in [0.2, 0.25) is 10.0 Å². The number of benzene rings is 1. The Hall–Kier alpha value is -1.71. The Balaban J connectivity index is 1.58. The van der Waals surface area contributed by atoms with Crippen LogP contribution in [0.5, 0.6) is 0 Å². The normalized spacial score (nSPS) is 21.3. The largest absolute Gasteiger partial charge is 0.455 e. The number of methoxy groups -OCH3 is 1. The lowest BCUT2D eigenvalue weighted by Gasteiger charge is -2.30. The van der Waals surface area contributed by atoms with E-state index in [4.69, 9.17) is 13.9 Å². The first-order valence-corrected chi connectivity index (χ1v) is 10.6. The van der Waals surface area contributed by atoms with E-state index >= 15 is 0 Å². The van der Waals surface area contributed by atoms with E-state index in [1.807, 2.05) is 30.3 Å². The molecule has 138 valence electrons. The van der Waals surface area contributed by atoms with Crippen LogP contribution < -0.4 is 4.72 Å². The number of furan rings is 1. The number of nitrogens with one attached hydrogen (secondary N) is 1. The second-order valence-electron chi connectivity index (χ2n) is 6.13. The summed E-state index contributed by atoms with van der Waals surface area (Å²) in [5.41, 5.74) is 0.778. The van der Waals surface area contributed by atoms with E-state index in [0.29, 0.717) is 25.4 Å². The van der Waals surface area contributed by atoms with Gasteiger partial charge in [0.05, 0.1) is 23.6 Å². The van der Waals surface area contributed by atoms with Gasteiger partial charge in [0, 0.05) is 19.1 Å². The molecule has 1 aromatic carbocycles. The Labute approximate surface area is 155 Å². The van der Waals surface area contributed by atoms with Gasteiger partial charge in [0.1, 0.15) is 15.6 Å². The molecule has 3 heterocycles. The van der Waals surface area contributed by atoms with Crippen LogP contribution in [0.15, 0.2) is 51.1 Å². The predicted molar refractivity (Wildman–Crippen MR) is 99.9 cm³/mol. The molecule has 8 heteroatoms. The van der Waals surface area contributed by atoms with Gasteiger partial charge < -0.3 is 13.9 Å². The van der Waals surface area contributed by atoms with Gasteiger partial charge in [-0.25, -0.2) is 13.1 Å². The second kappa shape index (κ2) is 7.13. The zero-order valence-electron chi connectivity index (χ0n) is 14.2. The van der Waals surface area contributed by atoms with Crippen molar-refractivity contribution < 1.29 is 22.3 Å². The van der Waals surface area contributed by atoms with Crippen molar-refractivity contribution in [2.24, 2.45) is 0 Å². The van der Waals surface area contributed by atoms with Crippen molar-refractivity contribution in [1.29, 1.82) is 0 Å². The molecule has 26 heavy (non-hydrogen) atoms. The number of para-hydroxylation sites is 1. The van der Waals surface area contributed by atoms with Crippen LogP contribution in [0, 0.1) is 0 Å². The number of sulfonamides is 1. The monoisotopic (exact) mass is 393 g/mol. The van der Waals surface area contributed by atoms with E-state index in [0.717, 1.165) is 15.8 Å². The summed E-state index contributed by atoms with van der Waals surface area (Å²) in [4.78, 5) is 0.768. The van der Waals surface area contributed by atoms with Gasteiger partial charge in [-0.3, -0.25) is 0 Å². The van der Waals surface area contributed by atoms with Gasteiger partial charge in [-0.2, -0.15) is 0 Å². The molecule has 4 rings (SSSR count). The molecule has 3 aromatic rings. The molecule has 0 saturated carbocycles. The first-order chi connectivity index (χ1) is 12.6. The summed E-state index contributed by atoms with van der Waals surface area (Å²) in [7, 11) is -2.07. The van der Waals surface area contributed by atoms with Crippen LogP contribution >= 0.6 is 11.3 Å². The van der Waals surface area contributed by atoms with E-state index in [2.05, 4.69) is 4.72 Å². The molecule has 0 aliphatic carbocycles. The molecule has 0 bridgehead atoms. The molecular weight excluding hydrogens is 374 g/mol. The first kappa shape index (κ1) is 17.7. The lowest BCUT2D eigenvalue weighted by atomic mass is 10.1. The Morgan fingerprint density at radius 3 is 2.88 bits per heavy atom. The first-order valence-electron chi connectivity index (χ1n) is 8.28. The Morgan fingerprint density at radius 1 is 1.23 bits per heavy atom. The summed E-state index contributed by atoms with van der Waals surface area (Å²) in [5, 5.41) is 0.987.